The lowest BCUT2D eigenvalue weighted by Crippen LogP contribution is -2.00. The third-order valence-corrected chi connectivity index (χ3v) is 2.02. The molecule has 0 heterocycles. The van der Waals surface area contributed by atoms with Crippen molar-refractivity contribution in [2.45, 2.75) is 13.8 Å². The Labute approximate surface area is 106 Å². The van der Waals surface area contributed by atoms with E-state index in [4.69, 9.17) is 4.74 Å². The maximum absolute atomic E-state index is 11.1. The molecule has 0 saturated carbocycles. The SMILES string of the molecule is CCOC(=O)C#Cc1ccc(OCC)c(C=O)c1. The molecule has 1 aromatic rings. The molecule has 18 heavy (non-hydrogen) atoms. The molecule has 0 aliphatic rings. The van der Waals surface area contributed by atoms with Crippen LogP contribution in [0.3, 0.4) is 0 Å². The Morgan fingerprint density at radius 3 is 2.72 bits per heavy atom. The zero-order chi connectivity index (χ0) is 13.4. The molecule has 0 amide bonds. The first kappa shape index (κ1) is 13.8. The van der Waals surface area contributed by atoms with Gasteiger partial charge in [0.25, 0.3) is 0 Å². The number of hydrogen-bond donors (Lipinski definition) is 0. The number of hydrogen-bond acceptors (Lipinski definition) is 4. The van der Waals surface area contributed by atoms with Gasteiger partial charge in [-0.05, 0) is 32.0 Å². The highest BCUT2D eigenvalue weighted by atomic mass is 16.5. The van der Waals surface area contributed by atoms with Crippen LogP contribution < -0.4 is 4.74 Å². The summed E-state index contributed by atoms with van der Waals surface area (Å²) in [6.07, 6.45) is 0.695. The Morgan fingerprint density at radius 1 is 1.33 bits per heavy atom. The lowest BCUT2D eigenvalue weighted by atomic mass is 10.1. The van der Waals surface area contributed by atoms with Gasteiger partial charge in [-0.15, -0.1) is 0 Å². The summed E-state index contributed by atoms with van der Waals surface area (Å²) in [4.78, 5) is 21.9. The first-order valence-electron chi connectivity index (χ1n) is 5.62. The van der Waals surface area contributed by atoms with Crippen molar-refractivity contribution in [1.29, 1.82) is 0 Å². The number of carbonyl (C=O) groups is 2. The fraction of sp³-hybridized carbons (Fsp3) is 0.286. The Hall–Kier alpha value is -2.28. The summed E-state index contributed by atoms with van der Waals surface area (Å²) in [5, 5.41) is 0. The molecule has 1 rings (SSSR count). The van der Waals surface area contributed by atoms with Crippen molar-refractivity contribution in [1.82, 2.24) is 0 Å². The summed E-state index contributed by atoms with van der Waals surface area (Å²) in [7, 11) is 0. The third-order valence-electron chi connectivity index (χ3n) is 2.02. The normalized spacial score (nSPS) is 9.00. The quantitative estimate of drug-likeness (QED) is 0.462. The Bertz CT molecular complexity index is 494. The van der Waals surface area contributed by atoms with Crippen LogP contribution in [0.25, 0.3) is 0 Å². The Morgan fingerprint density at radius 2 is 2.11 bits per heavy atom. The molecule has 0 aliphatic heterocycles. The highest BCUT2D eigenvalue weighted by molar-refractivity contribution is 5.89. The summed E-state index contributed by atoms with van der Waals surface area (Å²) in [5.74, 6) is 4.89. The van der Waals surface area contributed by atoms with Crippen LogP contribution >= 0.6 is 0 Å². The molecule has 0 spiro atoms. The third kappa shape index (κ3) is 3.95. The standard InChI is InChI=1S/C14H14O4/c1-3-17-13-7-5-11(9-12(13)10-15)6-8-14(16)18-4-2/h5,7,9-10H,3-4H2,1-2H3. The summed E-state index contributed by atoms with van der Waals surface area (Å²) in [5.41, 5.74) is 0.973. The van der Waals surface area contributed by atoms with Gasteiger partial charge in [0, 0.05) is 11.5 Å². The van der Waals surface area contributed by atoms with Gasteiger partial charge in [-0.1, -0.05) is 5.92 Å². The number of aldehydes is 1. The fourth-order valence-corrected chi connectivity index (χ4v) is 1.30. The summed E-state index contributed by atoms with van der Waals surface area (Å²) < 4.78 is 9.95. The van der Waals surface area contributed by atoms with Gasteiger partial charge in [-0.3, -0.25) is 4.79 Å². The van der Waals surface area contributed by atoms with Crippen LogP contribution in [-0.2, 0) is 9.53 Å². The second-order valence-electron chi connectivity index (χ2n) is 3.27. The molecule has 0 aromatic heterocycles. The first-order valence-corrected chi connectivity index (χ1v) is 5.62. The van der Waals surface area contributed by atoms with Crippen molar-refractivity contribution < 1.29 is 19.1 Å². The largest absolute Gasteiger partial charge is 0.493 e. The van der Waals surface area contributed by atoms with E-state index in [9.17, 15) is 9.59 Å². The van der Waals surface area contributed by atoms with E-state index in [0.29, 0.717) is 29.8 Å². The monoisotopic (exact) mass is 246 g/mol. The molecule has 0 bridgehead atoms. The van der Waals surface area contributed by atoms with E-state index in [1.807, 2.05) is 6.92 Å². The van der Waals surface area contributed by atoms with Crippen molar-refractivity contribution in [3.05, 3.63) is 29.3 Å². The van der Waals surface area contributed by atoms with Gasteiger partial charge in [-0.2, -0.15) is 0 Å². The number of rotatable bonds is 4. The second kappa shape index (κ2) is 7.13. The fourth-order valence-electron chi connectivity index (χ4n) is 1.30. The maximum Gasteiger partial charge on any atom is 0.384 e. The van der Waals surface area contributed by atoms with Gasteiger partial charge in [0.05, 0.1) is 18.8 Å². The number of ether oxygens (including phenoxy) is 2. The number of carbonyl (C=O) groups excluding carboxylic acids is 2. The maximum atomic E-state index is 11.1. The highest BCUT2D eigenvalue weighted by Gasteiger charge is 2.03. The summed E-state index contributed by atoms with van der Waals surface area (Å²) >= 11 is 0. The van der Waals surface area contributed by atoms with E-state index < -0.39 is 5.97 Å². The molecule has 0 N–H and O–H groups in total. The van der Waals surface area contributed by atoms with E-state index in [1.165, 1.54) is 0 Å². The zero-order valence-corrected chi connectivity index (χ0v) is 10.4. The van der Waals surface area contributed by atoms with E-state index in [-0.39, 0.29) is 6.61 Å². The van der Waals surface area contributed by atoms with Crippen LogP contribution in [0, 0.1) is 11.8 Å². The van der Waals surface area contributed by atoms with Crippen molar-refractivity contribution >= 4 is 12.3 Å². The summed E-state index contributed by atoms with van der Waals surface area (Å²) in [6.45, 7) is 4.31. The minimum absolute atomic E-state index is 0.288. The van der Waals surface area contributed by atoms with Gasteiger partial charge in [0.1, 0.15) is 5.75 Å². The van der Waals surface area contributed by atoms with Gasteiger partial charge in [0.15, 0.2) is 6.29 Å². The van der Waals surface area contributed by atoms with Crippen LogP contribution in [-0.4, -0.2) is 25.5 Å². The smallest absolute Gasteiger partial charge is 0.384 e. The predicted octanol–water partition coefficient (Wildman–Crippen LogP) is 1.81. The summed E-state index contributed by atoms with van der Waals surface area (Å²) in [6, 6.07) is 4.91. The van der Waals surface area contributed by atoms with Crippen LogP contribution in [0.2, 0.25) is 0 Å². The molecule has 0 aliphatic carbocycles. The molecule has 0 fully saturated rings. The van der Waals surface area contributed by atoms with E-state index in [0.717, 1.165) is 0 Å². The Balaban J connectivity index is 2.92. The van der Waals surface area contributed by atoms with Crippen molar-refractivity contribution in [2.75, 3.05) is 13.2 Å². The molecule has 0 radical (unpaired) electrons. The number of benzene rings is 1. The van der Waals surface area contributed by atoms with Gasteiger partial charge >= 0.3 is 5.97 Å². The van der Waals surface area contributed by atoms with Gasteiger partial charge < -0.3 is 9.47 Å². The van der Waals surface area contributed by atoms with Crippen LogP contribution in [0.5, 0.6) is 5.75 Å². The average Bonchev–Trinajstić information content (AvgIpc) is 2.38. The Kier molecular flexibility index (Phi) is 5.46. The molecule has 4 nitrogen and oxygen atoms in total. The average molecular weight is 246 g/mol. The molecule has 0 atom stereocenters. The molecule has 0 saturated heterocycles. The van der Waals surface area contributed by atoms with Crippen molar-refractivity contribution in [3.63, 3.8) is 0 Å². The van der Waals surface area contributed by atoms with Crippen LogP contribution in [0.1, 0.15) is 29.8 Å². The predicted molar refractivity (Wildman–Crippen MR) is 66.5 cm³/mol. The second-order valence-corrected chi connectivity index (χ2v) is 3.27. The molecule has 0 unspecified atom stereocenters. The highest BCUT2D eigenvalue weighted by Crippen LogP contribution is 2.17. The lowest BCUT2D eigenvalue weighted by molar-refractivity contribution is -0.136. The topological polar surface area (TPSA) is 52.6 Å². The lowest BCUT2D eigenvalue weighted by Gasteiger charge is -2.05. The van der Waals surface area contributed by atoms with Crippen LogP contribution in [0.15, 0.2) is 18.2 Å². The van der Waals surface area contributed by atoms with Crippen molar-refractivity contribution in [2.24, 2.45) is 0 Å². The molecule has 94 valence electrons. The zero-order valence-electron chi connectivity index (χ0n) is 10.4. The minimum atomic E-state index is -0.584. The molecule has 4 heteroatoms. The first-order chi connectivity index (χ1) is 8.71. The molecule has 1 aromatic carbocycles. The van der Waals surface area contributed by atoms with E-state index >= 15 is 0 Å². The van der Waals surface area contributed by atoms with E-state index in [1.54, 1.807) is 25.1 Å². The minimum Gasteiger partial charge on any atom is -0.493 e. The van der Waals surface area contributed by atoms with E-state index in [2.05, 4.69) is 16.6 Å². The van der Waals surface area contributed by atoms with Gasteiger partial charge in [-0.25, -0.2) is 4.79 Å². The van der Waals surface area contributed by atoms with Gasteiger partial charge in [0.2, 0.25) is 0 Å². The number of esters is 1. The van der Waals surface area contributed by atoms with Crippen LogP contribution in [0.4, 0.5) is 0 Å². The van der Waals surface area contributed by atoms with Crippen molar-refractivity contribution in [3.8, 4) is 17.6 Å². The molecular formula is C14H14O4. The molecular weight excluding hydrogens is 232 g/mol.